The number of benzene rings is 2. The second-order valence-corrected chi connectivity index (χ2v) is 9.59. The Labute approximate surface area is 208 Å². The molecular formula is C27H27N3O4S. The van der Waals surface area contributed by atoms with Crippen LogP contribution < -0.4 is 14.8 Å². The summed E-state index contributed by atoms with van der Waals surface area (Å²) in [6.07, 6.45) is 2.57. The molecule has 2 amide bonds. The zero-order valence-corrected chi connectivity index (χ0v) is 20.4. The Bertz CT molecular complexity index is 1250. The number of hydrogen-bond donors (Lipinski definition) is 1. The Kier molecular flexibility index (Phi) is 6.90. The summed E-state index contributed by atoms with van der Waals surface area (Å²) >= 11 is 1.52. The second-order valence-electron chi connectivity index (χ2n) is 8.54. The summed E-state index contributed by atoms with van der Waals surface area (Å²) in [6, 6.07) is 15.2. The molecule has 7 nitrogen and oxygen atoms in total. The first-order valence-electron chi connectivity index (χ1n) is 11.7. The van der Waals surface area contributed by atoms with E-state index in [1.54, 1.807) is 18.2 Å². The topological polar surface area (TPSA) is 80.8 Å². The Hall–Kier alpha value is -3.52. The van der Waals surface area contributed by atoms with Gasteiger partial charge in [-0.25, -0.2) is 0 Å². The molecule has 5 rings (SSSR count). The molecule has 0 saturated carbocycles. The van der Waals surface area contributed by atoms with Gasteiger partial charge in [0.1, 0.15) is 13.2 Å². The minimum Gasteiger partial charge on any atom is -0.486 e. The van der Waals surface area contributed by atoms with E-state index in [4.69, 9.17) is 9.47 Å². The second kappa shape index (κ2) is 10.4. The molecule has 0 bridgehead atoms. The quantitative estimate of drug-likeness (QED) is 0.531. The van der Waals surface area contributed by atoms with E-state index in [1.165, 1.54) is 17.3 Å². The van der Waals surface area contributed by atoms with Crippen molar-refractivity contribution < 1.29 is 19.1 Å². The van der Waals surface area contributed by atoms with Crippen LogP contribution in [0.2, 0.25) is 0 Å². The van der Waals surface area contributed by atoms with Gasteiger partial charge in [-0.05, 0) is 60.4 Å². The maximum absolute atomic E-state index is 13.2. The van der Waals surface area contributed by atoms with E-state index >= 15 is 0 Å². The molecule has 0 fully saturated rings. The summed E-state index contributed by atoms with van der Waals surface area (Å²) in [5.41, 5.74) is 4.75. The first-order valence-corrected chi connectivity index (χ1v) is 12.7. The van der Waals surface area contributed by atoms with Gasteiger partial charge in [-0.1, -0.05) is 18.2 Å². The van der Waals surface area contributed by atoms with Crippen molar-refractivity contribution in [1.29, 1.82) is 0 Å². The van der Waals surface area contributed by atoms with Crippen LogP contribution in [0, 0.1) is 6.92 Å². The van der Waals surface area contributed by atoms with Crippen molar-refractivity contribution in [3.63, 3.8) is 0 Å². The number of amides is 2. The van der Waals surface area contributed by atoms with Crippen molar-refractivity contribution in [2.45, 2.75) is 31.3 Å². The number of nitrogens with one attached hydrogen (secondary N) is 1. The highest BCUT2D eigenvalue weighted by atomic mass is 32.2. The molecule has 0 atom stereocenters. The highest BCUT2D eigenvalue weighted by molar-refractivity contribution is 8.00. The summed E-state index contributed by atoms with van der Waals surface area (Å²) in [6.45, 7) is 4.50. The van der Waals surface area contributed by atoms with Crippen molar-refractivity contribution in [3.05, 3.63) is 82.7 Å². The smallest absolute Gasteiger partial charge is 0.254 e. The van der Waals surface area contributed by atoms with E-state index in [1.807, 2.05) is 48.4 Å². The lowest BCUT2D eigenvalue weighted by Crippen LogP contribution is -2.37. The summed E-state index contributed by atoms with van der Waals surface area (Å²) in [4.78, 5) is 33.1. The first kappa shape index (κ1) is 23.2. The van der Waals surface area contributed by atoms with E-state index in [0.29, 0.717) is 55.7 Å². The van der Waals surface area contributed by atoms with Crippen LogP contribution in [0.15, 0.2) is 59.6 Å². The average Bonchev–Trinajstić information content (AvgIpc) is 2.91. The van der Waals surface area contributed by atoms with Crippen molar-refractivity contribution in [3.8, 4) is 11.5 Å². The summed E-state index contributed by atoms with van der Waals surface area (Å²) in [5, 5.41) is 3.04. The van der Waals surface area contributed by atoms with Crippen molar-refractivity contribution >= 4 is 23.6 Å². The molecule has 0 spiro atoms. The van der Waals surface area contributed by atoms with E-state index < -0.39 is 0 Å². The number of thioether (sulfide) groups is 1. The van der Waals surface area contributed by atoms with Crippen LogP contribution in [0.3, 0.4) is 0 Å². The Balaban J connectivity index is 1.24. The predicted molar refractivity (Wildman–Crippen MR) is 134 cm³/mol. The third kappa shape index (κ3) is 5.27. The highest BCUT2D eigenvalue weighted by Gasteiger charge is 2.26. The first-order chi connectivity index (χ1) is 17.1. The van der Waals surface area contributed by atoms with Gasteiger partial charge in [0.2, 0.25) is 5.91 Å². The van der Waals surface area contributed by atoms with Crippen LogP contribution in [-0.4, -0.2) is 47.2 Å². The number of fused-ring (bicyclic) bond motifs is 2. The summed E-state index contributed by atoms with van der Waals surface area (Å²) < 4.78 is 11.2. The number of pyridine rings is 1. The van der Waals surface area contributed by atoms with Gasteiger partial charge in [0.25, 0.3) is 5.91 Å². The van der Waals surface area contributed by atoms with Crippen LogP contribution in [-0.2, 0) is 24.3 Å². The molecule has 0 unspecified atom stereocenters. The van der Waals surface area contributed by atoms with Crippen LogP contribution in [0.5, 0.6) is 11.5 Å². The van der Waals surface area contributed by atoms with E-state index in [9.17, 15) is 9.59 Å². The number of ether oxygens (including phenoxy) is 2. The molecule has 0 saturated heterocycles. The maximum atomic E-state index is 13.2. The van der Waals surface area contributed by atoms with Gasteiger partial charge in [-0.15, -0.1) is 11.8 Å². The van der Waals surface area contributed by atoms with E-state index in [0.717, 1.165) is 28.1 Å². The van der Waals surface area contributed by atoms with E-state index in [2.05, 4.69) is 10.3 Å². The van der Waals surface area contributed by atoms with Crippen LogP contribution in [0.4, 0.5) is 0 Å². The third-order valence-corrected chi connectivity index (χ3v) is 7.26. The number of hydrogen-bond acceptors (Lipinski definition) is 6. The molecule has 1 N–H and O–H groups in total. The van der Waals surface area contributed by atoms with E-state index in [-0.39, 0.29) is 11.8 Å². The van der Waals surface area contributed by atoms with Crippen molar-refractivity contribution in [2.24, 2.45) is 0 Å². The van der Waals surface area contributed by atoms with Crippen LogP contribution in [0.25, 0.3) is 0 Å². The molecule has 1 aromatic heterocycles. The predicted octanol–water partition coefficient (Wildman–Crippen LogP) is 3.77. The molecule has 3 aromatic rings. The summed E-state index contributed by atoms with van der Waals surface area (Å²) in [5.74, 6) is 1.59. The molecule has 2 aliphatic heterocycles. The zero-order chi connectivity index (χ0) is 24.2. The Morgan fingerprint density at radius 2 is 1.89 bits per heavy atom. The van der Waals surface area contributed by atoms with Gasteiger partial charge in [-0.2, -0.15) is 0 Å². The van der Waals surface area contributed by atoms with Crippen molar-refractivity contribution in [1.82, 2.24) is 15.2 Å². The van der Waals surface area contributed by atoms with Crippen molar-refractivity contribution in [2.75, 3.05) is 25.5 Å². The molecule has 8 heteroatoms. The van der Waals surface area contributed by atoms with Gasteiger partial charge in [0.15, 0.2) is 11.5 Å². The molecule has 180 valence electrons. The number of nitrogens with zero attached hydrogens (tertiary/aromatic N) is 2. The molecule has 0 aliphatic carbocycles. The molecule has 0 radical (unpaired) electrons. The fourth-order valence-electron chi connectivity index (χ4n) is 4.39. The number of carbonyl (C=O) groups is 2. The monoisotopic (exact) mass is 489 g/mol. The lowest BCUT2D eigenvalue weighted by Gasteiger charge is -2.31. The van der Waals surface area contributed by atoms with Crippen LogP contribution >= 0.6 is 11.8 Å². The Morgan fingerprint density at radius 3 is 2.71 bits per heavy atom. The maximum Gasteiger partial charge on any atom is 0.254 e. The average molecular weight is 490 g/mol. The minimum absolute atomic E-state index is 0.0120. The molecule has 3 heterocycles. The number of carbonyl (C=O) groups excluding carboxylic acids is 2. The SMILES string of the molecule is Cc1ncc2c(c1CNC(=O)CSc1ccccc1)CCN(C(=O)c1ccc3c(c1)OCCO3)C2. The standard InChI is InChI=1S/C27H27N3O4S/c1-18-23(15-29-26(31)17-35-21-5-3-2-4-6-21)22-9-10-30(16-20(22)14-28-18)27(32)19-7-8-24-25(13-19)34-12-11-33-24/h2-8,13-14H,9-12,15-17H2,1H3,(H,29,31). The number of aryl methyl sites for hydroxylation is 1. The van der Waals surface area contributed by atoms with Crippen LogP contribution in [0.1, 0.15) is 32.7 Å². The van der Waals surface area contributed by atoms with Gasteiger partial charge in [0.05, 0.1) is 5.75 Å². The molecule has 2 aliphatic rings. The fourth-order valence-corrected chi connectivity index (χ4v) is 5.14. The van der Waals surface area contributed by atoms with Gasteiger partial charge < -0.3 is 19.7 Å². The van der Waals surface area contributed by atoms with Gasteiger partial charge in [0, 0.05) is 42.0 Å². The molecule has 35 heavy (non-hydrogen) atoms. The minimum atomic E-state index is -0.0408. The lowest BCUT2D eigenvalue weighted by atomic mass is 9.94. The number of aromatic nitrogens is 1. The molecular weight excluding hydrogens is 462 g/mol. The molecule has 2 aromatic carbocycles. The van der Waals surface area contributed by atoms with Gasteiger partial charge >= 0.3 is 0 Å². The Morgan fingerprint density at radius 1 is 1.09 bits per heavy atom. The fraction of sp³-hybridized carbons (Fsp3) is 0.296. The summed E-state index contributed by atoms with van der Waals surface area (Å²) in [7, 11) is 0. The zero-order valence-electron chi connectivity index (χ0n) is 19.6. The third-order valence-electron chi connectivity index (χ3n) is 6.25. The normalized spacial score (nSPS) is 14.3. The largest absolute Gasteiger partial charge is 0.486 e. The number of rotatable bonds is 6. The highest BCUT2D eigenvalue weighted by Crippen LogP contribution is 2.32. The van der Waals surface area contributed by atoms with Gasteiger partial charge in [-0.3, -0.25) is 14.6 Å². The lowest BCUT2D eigenvalue weighted by molar-refractivity contribution is -0.118.